The second kappa shape index (κ2) is 10.8. The molecular formula is C48H31N3. The average Bonchev–Trinajstić information content (AvgIpc) is 3.88. The van der Waals surface area contributed by atoms with Crippen LogP contribution < -0.4 is 0 Å². The third-order valence-electron chi connectivity index (χ3n) is 10.7. The summed E-state index contributed by atoms with van der Waals surface area (Å²) < 4.78 is 0. The highest BCUT2D eigenvalue weighted by molar-refractivity contribution is 6.19. The van der Waals surface area contributed by atoms with Crippen LogP contribution in [0, 0.1) is 0 Å². The Labute approximate surface area is 293 Å². The Balaban J connectivity index is 1.17. The van der Waals surface area contributed by atoms with Gasteiger partial charge in [0, 0.05) is 65.5 Å². The van der Waals surface area contributed by atoms with Crippen LogP contribution in [0.5, 0.6) is 0 Å². The van der Waals surface area contributed by atoms with Gasteiger partial charge in [-0.15, -0.1) is 0 Å². The molecule has 11 aromatic rings. The summed E-state index contributed by atoms with van der Waals surface area (Å²) in [6.45, 7) is 0. The van der Waals surface area contributed by atoms with Crippen molar-refractivity contribution in [2.45, 2.75) is 0 Å². The molecule has 0 aliphatic heterocycles. The summed E-state index contributed by atoms with van der Waals surface area (Å²) in [6.07, 6.45) is 0. The monoisotopic (exact) mass is 649 g/mol. The molecule has 0 atom stereocenters. The molecule has 0 aliphatic rings. The quantitative estimate of drug-likeness (QED) is 0.170. The molecule has 3 aromatic heterocycles. The topological polar surface area (TPSA) is 47.4 Å². The molecule has 0 unspecified atom stereocenters. The number of benzene rings is 8. The van der Waals surface area contributed by atoms with Gasteiger partial charge in [0.05, 0.1) is 5.52 Å². The molecule has 8 aromatic carbocycles. The summed E-state index contributed by atoms with van der Waals surface area (Å²) in [5, 5.41) is 7.41. The second-order valence-corrected chi connectivity index (χ2v) is 13.6. The van der Waals surface area contributed by atoms with E-state index in [9.17, 15) is 0 Å². The first-order valence-electron chi connectivity index (χ1n) is 17.5. The number of hydrogen-bond donors (Lipinski definition) is 3. The van der Waals surface area contributed by atoms with E-state index in [2.05, 4.69) is 185 Å². The number of hydrogen-bond acceptors (Lipinski definition) is 0. The van der Waals surface area contributed by atoms with Crippen LogP contribution in [0.15, 0.2) is 170 Å². The average molecular weight is 650 g/mol. The van der Waals surface area contributed by atoms with Gasteiger partial charge >= 0.3 is 0 Å². The molecule has 11 rings (SSSR count). The first-order chi connectivity index (χ1) is 25.3. The molecule has 0 bridgehead atoms. The van der Waals surface area contributed by atoms with E-state index in [0.717, 1.165) is 27.6 Å². The number of rotatable bonds is 4. The highest BCUT2D eigenvalue weighted by Crippen LogP contribution is 2.47. The van der Waals surface area contributed by atoms with Crippen molar-refractivity contribution < 1.29 is 0 Å². The van der Waals surface area contributed by atoms with Crippen molar-refractivity contribution in [3.63, 3.8) is 0 Å². The lowest BCUT2D eigenvalue weighted by Crippen LogP contribution is -1.92. The molecule has 238 valence electrons. The Morgan fingerprint density at radius 1 is 0.255 bits per heavy atom. The van der Waals surface area contributed by atoms with Crippen molar-refractivity contribution in [1.82, 2.24) is 15.0 Å². The highest BCUT2D eigenvalue weighted by atomic mass is 14.7. The summed E-state index contributed by atoms with van der Waals surface area (Å²) in [5.41, 5.74) is 16.6. The molecular weight excluding hydrogens is 619 g/mol. The van der Waals surface area contributed by atoms with Gasteiger partial charge in [0.1, 0.15) is 0 Å². The van der Waals surface area contributed by atoms with Crippen molar-refractivity contribution in [2.75, 3.05) is 0 Å². The Bertz CT molecular complexity index is 3120. The van der Waals surface area contributed by atoms with Crippen LogP contribution in [0.3, 0.4) is 0 Å². The number of aromatic nitrogens is 3. The summed E-state index contributed by atoms with van der Waals surface area (Å²) in [6, 6.07) is 61.8. The van der Waals surface area contributed by atoms with Crippen molar-refractivity contribution in [1.29, 1.82) is 0 Å². The lowest BCUT2D eigenvalue weighted by atomic mass is 9.85. The summed E-state index contributed by atoms with van der Waals surface area (Å²) in [4.78, 5) is 11.1. The van der Waals surface area contributed by atoms with Gasteiger partial charge in [0.2, 0.25) is 0 Å². The smallest absolute Gasteiger partial charge is 0.0551 e. The zero-order chi connectivity index (χ0) is 33.5. The van der Waals surface area contributed by atoms with E-state index in [4.69, 9.17) is 0 Å². The van der Waals surface area contributed by atoms with Gasteiger partial charge in [-0.05, 0) is 93.5 Å². The zero-order valence-corrected chi connectivity index (χ0v) is 27.7. The molecule has 0 fully saturated rings. The predicted octanol–water partition coefficient (Wildman–Crippen LogP) is 13.3. The van der Waals surface area contributed by atoms with Gasteiger partial charge in [-0.25, -0.2) is 0 Å². The van der Waals surface area contributed by atoms with Gasteiger partial charge < -0.3 is 15.0 Å². The first kappa shape index (κ1) is 28.0. The van der Waals surface area contributed by atoms with Crippen LogP contribution in [-0.4, -0.2) is 15.0 Å². The second-order valence-electron chi connectivity index (χ2n) is 13.6. The molecule has 3 heteroatoms. The molecule has 0 saturated heterocycles. The highest BCUT2D eigenvalue weighted by Gasteiger charge is 2.21. The number of nitrogens with one attached hydrogen (secondary N) is 3. The Morgan fingerprint density at radius 2 is 0.686 bits per heavy atom. The van der Waals surface area contributed by atoms with E-state index in [-0.39, 0.29) is 0 Å². The minimum Gasteiger partial charge on any atom is -0.355 e. The third-order valence-corrected chi connectivity index (χ3v) is 10.7. The van der Waals surface area contributed by atoms with Crippen molar-refractivity contribution in [2.24, 2.45) is 0 Å². The third kappa shape index (κ3) is 4.32. The van der Waals surface area contributed by atoms with E-state index >= 15 is 0 Å². The minimum absolute atomic E-state index is 1.13. The van der Waals surface area contributed by atoms with Gasteiger partial charge in [0.25, 0.3) is 0 Å². The lowest BCUT2D eigenvalue weighted by Gasteiger charge is -2.18. The molecule has 0 saturated carbocycles. The number of H-pyrrole nitrogens is 3. The van der Waals surface area contributed by atoms with Gasteiger partial charge in [-0.1, -0.05) is 115 Å². The summed E-state index contributed by atoms with van der Waals surface area (Å²) in [5.74, 6) is 0. The standard InChI is InChI=1S/C48H31N3/c1-3-11-29(12-4-1)46-36(28-40-35-16-8-10-18-42(35)51-48(40)47(46)30-13-5-2-6-14-30)33-21-24-45-39(27-33)38-26-32(20-23-44(38)50-45)31-19-22-43-37(25-31)34-15-7-9-17-41(34)49-43/h1-28,49-51H. The molecule has 3 heterocycles. The molecule has 3 N–H and O–H groups in total. The maximum Gasteiger partial charge on any atom is 0.0551 e. The molecule has 0 spiro atoms. The summed E-state index contributed by atoms with van der Waals surface area (Å²) in [7, 11) is 0. The normalized spacial score (nSPS) is 11.9. The Hall–Kier alpha value is -6.84. The molecule has 3 nitrogen and oxygen atoms in total. The van der Waals surface area contributed by atoms with Gasteiger partial charge in [0.15, 0.2) is 0 Å². The van der Waals surface area contributed by atoms with Crippen LogP contribution in [0.4, 0.5) is 0 Å². The number of fused-ring (bicyclic) bond motifs is 9. The zero-order valence-electron chi connectivity index (χ0n) is 27.7. The fourth-order valence-corrected chi connectivity index (χ4v) is 8.28. The predicted molar refractivity (Wildman–Crippen MR) is 216 cm³/mol. The minimum atomic E-state index is 1.13. The fraction of sp³-hybridized carbons (Fsp3) is 0. The maximum absolute atomic E-state index is 3.82. The number of para-hydroxylation sites is 2. The lowest BCUT2D eigenvalue weighted by molar-refractivity contribution is 1.52. The molecule has 51 heavy (non-hydrogen) atoms. The SMILES string of the molecule is c1ccc(-c2c(-c3ccc4[nH]c5ccc(-c6ccc7[nH]c8ccccc8c7c6)cc5c4c3)cc3c([nH]c4ccccc43)c2-c2ccccc2)cc1. The van der Waals surface area contributed by atoms with Gasteiger partial charge in [-0.2, -0.15) is 0 Å². The van der Waals surface area contributed by atoms with E-state index in [1.54, 1.807) is 0 Å². The van der Waals surface area contributed by atoms with E-state index in [0.29, 0.717) is 0 Å². The van der Waals surface area contributed by atoms with Crippen LogP contribution >= 0.6 is 0 Å². The number of aromatic amines is 3. The Morgan fingerprint density at radius 3 is 1.29 bits per heavy atom. The van der Waals surface area contributed by atoms with Crippen molar-refractivity contribution >= 4 is 65.4 Å². The van der Waals surface area contributed by atoms with Crippen LogP contribution in [0.2, 0.25) is 0 Å². The van der Waals surface area contributed by atoms with Gasteiger partial charge in [-0.3, -0.25) is 0 Å². The van der Waals surface area contributed by atoms with Crippen LogP contribution in [0.25, 0.3) is 110 Å². The molecule has 0 radical (unpaired) electrons. The summed E-state index contributed by atoms with van der Waals surface area (Å²) >= 11 is 0. The van der Waals surface area contributed by atoms with Crippen LogP contribution in [-0.2, 0) is 0 Å². The molecule has 0 aliphatic carbocycles. The van der Waals surface area contributed by atoms with E-state index in [1.165, 1.54) is 82.3 Å². The van der Waals surface area contributed by atoms with Crippen molar-refractivity contribution in [3.8, 4) is 44.5 Å². The first-order valence-corrected chi connectivity index (χ1v) is 17.5. The molecule has 0 amide bonds. The maximum atomic E-state index is 3.82. The van der Waals surface area contributed by atoms with Crippen LogP contribution in [0.1, 0.15) is 0 Å². The Kier molecular flexibility index (Phi) is 5.96. The van der Waals surface area contributed by atoms with E-state index < -0.39 is 0 Å². The largest absolute Gasteiger partial charge is 0.355 e. The van der Waals surface area contributed by atoms with E-state index in [1.807, 2.05) is 0 Å². The fourth-order valence-electron chi connectivity index (χ4n) is 8.28. The van der Waals surface area contributed by atoms with Crippen molar-refractivity contribution in [3.05, 3.63) is 170 Å².